The molecule has 0 fully saturated rings. The van der Waals surface area contributed by atoms with Gasteiger partial charge in [0.25, 0.3) is 0 Å². The van der Waals surface area contributed by atoms with Crippen molar-refractivity contribution in [3.05, 3.63) is 0 Å². The molecule has 11 heavy (non-hydrogen) atoms. The van der Waals surface area contributed by atoms with Crippen LogP contribution in [0.3, 0.4) is 0 Å². The molecule has 2 atom stereocenters. The number of hydrogen-bond acceptors (Lipinski definition) is 1. The molecule has 0 aromatic carbocycles. The van der Waals surface area contributed by atoms with Crippen LogP contribution in [-0.4, -0.2) is 11.7 Å². The van der Waals surface area contributed by atoms with Gasteiger partial charge >= 0.3 is 0 Å². The molecular weight excluding hydrogens is 141 g/mol. The fraction of sp³-hybridized carbons (Fsp3) is 1.00. The summed E-state index contributed by atoms with van der Waals surface area (Å²) in [6, 6.07) is -0.368. The molecule has 2 heteroatoms. The van der Waals surface area contributed by atoms with E-state index in [9.17, 15) is 4.39 Å². The van der Waals surface area contributed by atoms with Gasteiger partial charge < -0.3 is 5.73 Å². The lowest BCUT2D eigenvalue weighted by Gasteiger charge is -2.32. The second kappa shape index (κ2) is 4.05. The van der Waals surface area contributed by atoms with Crippen LogP contribution < -0.4 is 5.73 Å². The maximum Gasteiger partial charge on any atom is 0.125 e. The molecule has 0 spiro atoms. The minimum atomic E-state index is -1.20. The Balaban J connectivity index is 4.24. The van der Waals surface area contributed by atoms with Crippen molar-refractivity contribution in [2.75, 3.05) is 0 Å². The molecule has 2 N–H and O–H groups in total. The van der Waals surface area contributed by atoms with E-state index < -0.39 is 5.67 Å². The highest BCUT2D eigenvalue weighted by Crippen LogP contribution is 2.29. The van der Waals surface area contributed by atoms with Gasteiger partial charge in [-0.05, 0) is 19.8 Å². The molecule has 0 radical (unpaired) electrons. The molecule has 0 heterocycles. The Morgan fingerprint density at radius 2 is 1.73 bits per heavy atom. The molecule has 0 aliphatic carbocycles. The van der Waals surface area contributed by atoms with E-state index in [0.717, 1.165) is 12.8 Å². The topological polar surface area (TPSA) is 26.0 Å². The standard InChI is InChI=1S/C9H20FN/c1-5-8(6-2)9(4,10)7(3)11/h7-8H,5-6,11H2,1-4H3. The van der Waals surface area contributed by atoms with E-state index >= 15 is 0 Å². The normalized spacial score (nSPS) is 19.9. The maximum atomic E-state index is 13.8. The van der Waals surface area contributed by atoms with Gasteiger partial charge in [0.2, 0.25) is 0 Å². The summed E-state index contributed by atoms with van der Waals surface area (Å²) in [5.74, 6) is 0.0995. The van der Waals surface area contributed by atoms with Crippen LogP contribution in [0, 0.1) is 5.92 Å². The summed E-state index contributed by atoms with van der Waals surface area (Å²) >= 11 is 0. The van der Waals surface area contributed by atoms with Gasteiger partial charge in [-0.1, -0.05) is 26.7 Å². The van der Waals surface area contributed by atoms with Crippen LogP contribution in [0.1, 0.15) is 40.5 Å². The van der Waals surface area contributed by atoms with Crippen molar-refractivity contribution >= 4 is 0 Å². The number of rotatable bonds is 4. The van der Waals surface area contributed by atoms with Crippen LogP contribution in [0.2, 0.25) is 0 Å². The largest absolute Gasteiger partial charge is 0.325 e. The molecule has 0 rings (SSSR count). The highest BCUT2D eigenvalue weighted by Gasteiger charge is 2.35. The highest BCUT2D eigenvalue weighted by molar-refractivity contribution is 4.88. The van der Waals surface area contributed by atoms with Crippen LogP contribution in [0.4, 0.5) is 4.39 Å². The van der Waals surface area contributed by atoms with Crippen LogP contribution >= 0.6 is 0 Å². The Morgan fingerprint density at radius 3 is 1.82 bits per heavy atom. The smallest absolute Gasteiger partial charge is 0.125 e. The second-order valence-corrected chi connectivity index (χ2v) is 3.45. The van der Waals surface area contributed by atoms with Crippen molar-refractivity contribution in [2.24, 2.45) is 11.7 Å². The zero-order valence-electron chi connectivity index (χ0n) is 8.02. The first-order valence-corrected chi connectivity index (χ1v) is 4.41. The summed E-state index contributed by atoms with van der Waals surface area (Å²) in [6.45, 7) is 7.36. The van der Waals surface area contributed by atoms with Crippen molar-refractivity contribution < 1.29 is 4.39 Å². The summed E-state index contributed by atoms with van der Waals surface area (Å²) in [6.07, 6.45) is 1.73. The minimum Gasteiger partial charge on any atom is -0.325 e. The Hall–Kier alpha value is -0.110. The third-order valence-corrected chi connectivity index (χ3v) is 2.67. The molecule has 1 nitrogen and oxygen atoms in total. The van der Waals surface area contributed by atoms with Crippen molar-refractivity contribution in [3.63, 3.8) is 0 Å². The average molecular weight is 161 g/mol. The molecule has 0 bridgehead atoms. The molecule has 68 valence electrons. The predicted octanol–water partition coefficient (Wildman–Crippen LogP) is 2.50. The lowest BCUT2D eigenvalue weighted by Crippen LogP contribution is -2.45. The first-order chi connectivity index (χ1) is 4.96. The molecule has 2 unspecified atom stereocenters. The molecule has 0 aliphatic heterocycles. The summed E-state index contributed by atoms with van der Waals surface area (Å²) in [5, 5.41) is 0. The van der Waals surface area contributed by atoms with Crippen molar-refractivity contribution in [3.8, 4) is 0 Å². The SMILES string of the molecule is CCC(CC)C(C)(F)C(C)N. The summed E-state index contributed by atoms with van der Waals surface area (Å²) in [5.41, 5.74) is 4.34. The summed E-state index contributed by atoms with van der Waals surface area (Å²) in [7, 11) is 0. The lowest BCUT2D eigenvalue weighted by atomic mass is 9.82. The third-order valence-electron chi connectivity index (χ3n) is 2.67. The first kappa shape index (κ1) is 10.9. The van der Waals surface area contributed by atoms with Crippen LogP contribution in [0.15, 0.2) is 0 Å². The van der Waals surface area contributed by atoms with Crippen LogP contribution in [-0.2, 0) is 0 Å². The molecule has 0 saturated carbocycles. The Labute approximate surface area is 69.2 Å². The van der Waals surface area contributed by atoms with Gasteiger partial charge in [0.1, 0.15) is 5.67 Å². The monoisotopic (exact) mass is 161 g/mol. The van der Waals surface area contributed by atoms with E-state index in [1.165, 1.54) is 0 Å². The molecule has 0 aromatic rings. The molecule has 0 amide bonds. The minimum absolute atomic E-state index is 0.0995. The Kier molecular flexibility index (Phi) is 4.01. The predicted molar refractivity (Wildman–Crippen MR) is 47.2 cm³/mol. The van der Waals surface area contributed by atoms with E-state index in [1.54, 1.807) is 13.8 Å². The highest BCUT2D eigenvalue weighted by atomic mass is 19.1. The average Bonchev–Trinajstić information content (AvgIpc) is 1.89. The van der Waals surface area contributed by atoms with Crippen molar-refractivity contribution in [1.82, 2.24) is 0 Å². The van der Waals surface area contributed by atoms with Gasteiger partial charge in [-0.25, -0.2) is 4.39 Å². The van der Waals surface area contributed by atoms with Gasteiger partial charge in [0.15, 0.2) is 0 Å². The molecule has 0 aromatic heterocycles. The first-order valence-electron chi connectivity index (χ1n) is 4.41. The quantitative estimate of drug-likeness (QED) is 0.673. The van der Waals surface area contributed by atoms with Gasteiger partial charge in [-0.3, -0.25) is 0 Å². The number of nitrogens with two attached hydrogens (primary N) is 1. The fourth-order valence-corrected chi connectivity index (χ4v) is 1.46. The lowest BCUT2D eigenvalue weighted by molar-refractivity contribution is 0.0717. The van der Waals surface area contributed by atoms with Crippen LogP contribution in [0.5, 0.6) is 0 Å². The Morgan fingerprint density at radius 1 is 1.36 bits per heavy atom. The van der Waals surface area contributed by atoms with E-state index in [4.69, 9.17) is 5.73 Å². The van der Waals surface area contributed by atoms with E-state index in [0.29, 0.717) is 0 Å². The van der Waals surface area contributed by atoms with Gasteiger partial charge in [-0.15, -0.1) is 0 Å². The van der Waals surface area contributed by atoms with Gasteiger partial charge in [0.05, 0.1) is 0 Å². The molecule has 0 aliphatic rings. The zero-order chi connectivity index (χ0) is 9.07. The molecule has 0 saturated heterocycles. The van der Waals surface area contributed by atoms with Crippen molar-refractivity contribution in [2.45, 2.75) is 52.2 Å². The Bertz CT molecular complexity index is 106. The number of hydrogen-bond donors (Lipinski definition) is 1. The van der Waals surface area contributed by atoms with Gasteiger partial charge in [-0.2, -0.15) is 0 Å². The van der Waals surface area contributed by atoms with E-state index in [1.807, 2.05) is 13.8 Å². The summed E-state index contributed by atoms with van der Waals surface area (Å²) < 4.78 is 13.8. The van der Waals surface area contributed by atoms with Crippen LogP contribution in [0.25, 0.3) is 0 Å². The van der Waals surface area contributed by atoms with E-state index in [-0.39, 0.29) is 12.0 Å². The third kappa shape index (κ3) is 2.44. The van der Waals surface area contributed by atoms with Gasteiger partial charge in [0, 0.05) is 6.04 Å². The summed E-state index contributed by atoms with van der Waals surface area (Å²) in [4.78, 5) is 0. The number of alkyl halides is 1. The number of halogens is 1. The van der Waals surface area contributed by atoms with E-state index in [2.05, 4.69) is 0 Å². The van der Waals surface area contributed by atoms with Crippen molar-refractivity contribution in [1.29, 1.82) is 0 Å². The maximum absolute atomic E-state index is 13.8. The zero-order valence-corrected chi connectivity index (χ0v) is 8.02. The second-order valence-electron chi connectivity index (χ2n) is 3.45. The fourth-order valence-electron chi connectivity index (χ4n) is 1.46. The molecular formula is C9H20FN.